The van der Waals surface area contributed by atoms with Crippen molar-refractivity contribution in [1.82, 2.24) is 0 Å². The predicted octanol–water partition coefficient (Wildman–Crippen LogP) is 3.13. The second-order valence-electron chi connectivity index (χ2n) is 5.41. The third-order valence-electron chi connectivity index (χ3n) is 3.04. The largest absolute Gasteiger partial charge is 0.489 e. The number of hydrogen-bond acceptors (Lipinski definition) is 4. The third kappa shape index (κ3) is 4.56. The molecule has 122 valence electrons. The van der Waals surface area contributed by atoms with Crippen molar-refractivity contribution >= 4 is 21.4 Å². The number of nitrogens with one attached hydrogen (secondary N) is 1. The first-order chi connectivity index (χ1) is 10.8. The van der Waals surface area contributed by atoms with E-state index in [1.165, 1.54) is 24.3 Å². The molecular formula is C17H19NO4S. The monoisotopic (exact) mass is 333 g/mol. The second-order valence-corrected chi connectivity index (χ2v) is 7.43. The van der Waals surface area contributed by atoms with Gasteiger partial charge in [0.15, 0.2) is 9.84 Å². The molecule has 0 bridgehead atoms. The lowest BCUT2D eigenvalue weighted by molar-refractivity contribution is 0.102. The van der Waals surface area contributed by atoms with Crippen LogP contribution in [0, 0.1) is 0 Å². The van der Waals surface area contributed by atoms with Gasteiger partial charge < -0.3 is 10.1 Å². The smallest absolute Gasteiger partial charge is 0.255 e. The predicted molar refractivity (Wildman–Crippen MR) is 89.7 cm³/mol. The molecule has 0 spiro atoms. The van der Waals surface area contributed by atoms with E-state index in [1.54, 1.807) is 18.2 Å². The zero-order valence-electron chi connectivity index (χ0n) is 13.2. The van der Waals surface area contributed by atoms with E-state index in [2.05, 4.69) is 5.32 Å². The van der Waals surface area contributed by atoms with E-state index in [9.17, 15) is 13.2 Å². The molecule has 0 radical (unpaired) electrons. The molecule has 0 atom stereocenters. The number of rotatable bonds is 5. The Morgan fingerprint density at radius 3 is 2.22 bits per heavy atom. The SMILES string of the molecule is CC(C)Oc1ccccc1NC(=O)c1ccc(S(C)(=O)=O)cc1. The van der Waals surface area contributed by atoms with Crippen molar-refractivity contribution in [3.05, 3.63) is 54.1 Å². The van der Waals surface area contributed by atoms with E-state index in [0.717, 1.165) is 6.26 Å². The van der Waals surface area contributed by atoms with Crippen molar-refractivity contribution in [2.24, 2.45) is 0 Å². The third-order valence-corrected chi connectivity index (χ3v) is 4.17. The highest BCUT2D eigenvalue weighted by Crippen LogP contribution is 2.25. The van der Waals surface area contributed by atoms with Crippen LogP contribution in [0.5, 0.6) is 5.75 Å². The van der Waals surface area contributed by atoms with E-state index >= 15 is 0 Å². The number of amides is 1. The Morgan fingerprint density at radius 1 is 1.04 bits per heavy atom. The van der Waals surface area contributed by atoms with Gasteiger partial charge in [0.2, 0.25) is 0 Å². The lowest BCUT2D eigenvalue weighted by atomic mass is 10.2. The van der Waals surface area contributed by atoms with E-state index < -0.39 is 9.84 Å². The summed E-state index contributed by atoms with van der Waals surface area (Å²) in [6.45, 7) is 3.81. The summed E-state index contributed by atoms with van der Waals surface area (Å²) in [6.07, 6.45) is 1.11. The van der Waals surface area contributed by atoms with Gasteiger partial charge in [-0.2, -0.15) is 0 Å². The molecule has 5 nitrogen and oxygen atoms in total. The Hall–Kier alpha value is -2.34. The minimum Gasteiger partial charge on any atom is -0.489 e. The molecule has 0 aliphatic carbocycles. The Morgan fingerprint density at radius 2 is 1.65 bits per heavy atom. The average molecular weight is 333 g/mol. The minimum absolute atomic E-state index is 0.0119. The fraction of sp³-hybridized carbons (Fsp3) is 0.235. The molecule has 0 saturated carbocycles. The number of ether oxygens (including phenoxy) is 1. The highest BCUT2D eigenvalue weighted by atomic mass is 32.2. The van der Waals surface area contributed by atoms with Gasteiger partial charge in [-0.1, -0.05) is 12.1 Å². The van der Waals surface area contributed by atoms with Crippen LogP contribution in [-0.2, 0) is 9.84 Å². The van der Waals surface area contributed by atoms with Crippen LogP contribution in [0.25, 0.3) is 0 Å². The summed E-state index contributed by atoms with van der Waals surface area (Å²) in [7, 11) is -3.28. The molecule has 0 aliphatic heterocycles. The average Bonchev–Trinajstić information content (AvgIpc) is 2.48. The maximum atomic E-state index is 12.3. The number of benzene rings is 2. The maximum Gasteiger partial charge on any atom is 0.255 e. The normalized spacial score (nSPS) is 11.3. The second kappa shape index (κ2) is 6.83. The van der Waals surface area contributed by atoms with Crippen LogP contribution >= 0.6 is 0 Å². The summed E-state index contributed by atoms with van der Waals surface area (Å²) in [5.41, 5.74) is 0.940. The van der Waals surface area contributed by atoms with E-state index in [0.29, 0.717) is 17.0 Å². The topological polar surface area (TPSA) is 72.5 Å². The van der Waals surface area contributed by atoms with Gasteiger partial charge >= 0.3 is 0 Å². The maximum absolute atomic E-state index is 12.3. The number of carbonyl (C=O) groups excluding carboxylic acids is 1. The van der Waals surface area contributed by atoms with Crippen LogP contribution in [0.3, 0.4) is 0 Å². The van der Waals surface area contributed by atoms with Gasteiger partial charge in [0.05, 0.1) is 16.7 Å². The first-order valence-corrected chi connectivity index (χ1v) is 9.03. The van der Waals surface area contributed by atoms with Crippen LogP contribution in [0.15, 0.2) is 53.4 Å². The van der Waals surface area contributed by atoms with E-state index in [-0.39, 0.29) is 16.9 Å². The van der Waals surface area contributed by atoms with Crippen LogP contribution in [0.2, 0.25) is 0 Å². The number of para-hydroxylation sites is 2. The summed E-state index contributed by atoms with van der Waals surface area (Å²) in [5, 5.41) is 2.78. The Bertz CT molecular complexity index is 796. The highest BCUT2D eigenvalue weighted by Gasteiger charge is 2.12. The molecule has 2 aromatic rings. The molecule has 0 saturated heterocycles. The van der Waals surface area contributed by atoms with Gasteiger partial charge in [0.1, 0.15) is 5.75 Å². The molecule has 0 fully saturated rings. The summed E-state index contributed by atoms with van der Waals surface area (Å²) in [4.78, 5) is 12.5. The van der Waals surface area contributed by atoms with Crippen molar-refractivity contribution in [3.63, 3.8) is 0 Å². The standard InChI is InChI=1S/C17H19NO4S/c1-12(2)22-16-7-5-4-6-15(16)18-17(19)13-8-10-14(11-9-13)23(3,20)21/h4-12H,1-3H3,(H,18,19). The van der Waals surface area contributed by atoms with Gasteiger partial charge in [-0.25, -0.2) is 8.42 Å². The number of hydrogen-bond donors (Lipinski definition) is 1. The zero-order chi connectivity index (χ0) is 17.0. The van der Waals surface area contributed by atoms with Crippen LogP contribution in [-0.4, -0.2) is 26.7 Å². The number of sulfone groups is 1. The Labute approximate surface area is 136 Å². The highest BCUT2D eigenvalue weighted by molar-refractivity contribution is 7.90. The molecule has 0 heterocycles. The molecule has 2 aromatic carbocycles. The fourth-order valence-corrected chi connectivity index (χ4v) is 2.61. The zero-order valence-corrected chi connectivity index (χ0v) is 14.1. The van der Waals surface area contributed by atoms with Gasteiger partial charge in [-0.3, -0.25) is 4.79 Å². The van der Waals surface area contributed by atoms with Crippen molar-refractivity contribution < 1.29 is 17.9 Å². The minimum atomic E-state index is -3.28. The van der Waals surface area contributed by atoms with Gasteiger partial charge in [-0.05, 0) is 50.2 Å². The van der Waals surface area contributed by atoms with Gasteiger partial charge in [0.25, 0.3) is 5.91 Å². The molecule has 6 heteroatoms. The first-order valence-electron chi connectivity index (χ1n) is 7.14. The first kappa shape index (κ1) is 17.0. The Kier molecular flexibility index (Phi) is 5.05. The van der Waals surface area contributed by atoms with Crippen molar-refractivity contribution in [2.75, 3.05) is 11.6 Å². The quantitative estimate of drug-likeness (QED) is 0.912. The van der Waals surface area contributed by atoms with Crippen molar-refractivity contribution in [2.45, 2.75) is 24.8 Å². The van der Waals surface area contributed by atoms with Crippen molar-refractivity contribution in [1.29, 1.82) is 0 Å². The summed E-state index contributed by atoms with van der Waals surface area (Å²) in [6, 6.07) is 13.0. The Balaban J connectivity index is 2.20. The molecule has 1 N–H and O–H groups in total. The summed E-state index contributed by atoms with van der Waals surface area (Å²) >= 11 is 0. The fourth-order valence-electron chi connectivity index (χ4n) is 1.97. The van der Waals surface area contributed by atoms with Crippen LogP contribution < -0.4 is 10.1 Å². The van der Waals surface area contributed by atoms with Crippen LogP contribution in [0.1, 0.15) is 24.2 Å². The summed E-state index contributed by atoms with van der Waals surface area (Å²) < 4.78 is 28.5. The molecule has 23 heavy (non-hydrogen) atoms. The lowest BCUT2D eigenvalue weighted by Gasteiger charge is -2.14. The van der Waals surface area contributed by atoms with Crippen molar-refractivity contribution in [3.8, 4) is 5.75 Å². The van der Waals surface area contributed by atoms with Crippen LogP contribution in [0.4, 0.5) is 5.69 Å². The molecule has 0 aromatic heterocycles. The van der Waals surface area contributed by atoms with E-state index in [4.69, 9.17) is 4.74 Å². The molecule has 0 unspecified atom stereocenters. The lowest BCUT2D eigenvalue weighted by Crippen LogP contribution is -2.14. The van der Waals surface area contributed by atoms with E-state index in [1.807, 2.05) is 19.9 Å². The molecular weight excluding hydrogens is 314 g/mol. The number of anilines is 1. The summed E-state index contributed by atoms with van der Waals surface area (Å²) in [5.74, 6) is 0.258. The van der Waals surface area contributed by atoms with Gasteiger partial charge in [-0.15, -0.1) is 0 Å². The molecule has 1 amide bonds. The van der Waals surface area contributed by atoms with Gasteiger partial charge in [0, 0.05) is 11.8 Å². The molecule has 2 rings (SSSR count). The number of carbonyl (C=O) groups is 1. The molecule has 0 aliphatic rings.